The summed E-state index contributed by atoms with van der Waals surface area (Å²) in [6.45, 7) is 2.03. The Hall–Kier alpha value is -0.580. The van der Waals surface area contributed by atoms with Gasteiger partial charge in [0.1, 0.15) is 4.32 Å². The molecule has 1 aliphatic heterocycles. The van der Waals surface area contributed by atoms with Gasteiger partial charge in [0.15, 0.2) is 0 Å². The van der Waals surface area contributed by atoms with Gasteiger partial charge in [0.2, 0.25) is 5.91 Å². The smallest absolute Gasteiger partial charge is 0.321 e. The number of alkyl halides is 1. The van der Waals surface area contributed by atoms with E-state index in [9.17, 15) is 9.59 Å². The molecule has 1 rings (SSSR count). The van der Waals surface area contributed by atoms with E-state index in [-0.39, 0.29) is 5.91 Å². The van der Waals surface area contributed by atoms with E-state index in [2.05, 4.69) is 26.6 Å². The first-order valence-electron chi connectivity index (χ1n) is 2.80. The highest BCUT2D eigenvalue weighted by Crippen LogP contribution is 2.17. The number of nitrogens with one attached hydrogen (secondary N) is 2. The number of urea groups is 1. The van der Waals surface area contributed by atoms with Crippen molar-refractivity contribution in [1.82, 2.24) is 10.6 Å². The molecule has 0 aromatic carbocycles. The van der Waals surface area contributed by atoms with E-state index in [4.69, 9.17) is 0 Å². The first-order valence-corrected chi connectivity index (χ1v) is 3.60. The van der Waals surface area contributed by atoms with Crippen LogP contribution in [0.25, 0.3) is 0 Å². The molecule has 10 heavy (non-hydrogen) atoms. The van der Waals surface area contributed by atoms with Crippen molar-refractivity contribution in [2.75, 3.05) is 6.54 Å². The molecule has 0 saturated carbocycles. The van der Waals surface area contributed by atoms with E-state index in [0.29, 0.717) is 6.54 Å². The third-order valence-corrected chi connectivity index (χ3v) is 1.92. The summed E-state index contributed by atoms with van der Waals surface area (Å²) in [6, 6.07) is -0.429. The van der Waals surface area contributed by atoms with E-state index in [1.165, 1.54) is 0 Å². The van der Waals surface area contributed by atoms with Gasteiger partial charge >= 0.3 is 6.03 Å². The minimum absolute atomic E-state index is 0.295. The van der Waals surface area contributed by atoms with Crippen LogP contribution in [-0.2, 0) is 4.79 Å². The third-order valence-electron chi connectivity index (χ3n) is 1.28. The Kier molecular flexibility index (Phi) is 1.68. The van der Waals surface area contributed by atoms with Crippen molar-refractivity contribution in [3.63, 3.8) is 0 Å². The standard InChI is InChI=1S/C5H7BrN2O2/c1-5(6)2-7-4(10)8-3(5)9/h2H2,1H3,(H2,7,8,9,10). The van der Waals surface area contributed by atoms with Crippen molar-refractivity contribution in [2.45, 2.75) is 11.2 Å². The summed E-state index contributed by atoms with van der Waals surface area (Å²) in [7, 11) is 0. The van der Waals surface area contributed by atoms with E-state index < -0.39 is 10.4 Å². The number of imide groups is 1. The van der Waals surface area contributed by atoms with Gasteiger partial charge in [0.05, 0.1) is 0 Å². The SMILES string of the molecule is CC1(Br)CNC(=O)NC1=O. The molecule has 0 spiro atoms. The Bertz CT molecular complexity index is 190. The minimum atomic E-state index is -0.652. The Morgan fingerprint density at radius 1 is 1.60 bits per heavy atom. The lowest BCUT2D eigenvalue weighted by Crippen LogP contribution is -2.58. The maximum absolute atomic E-state index is 10.9. The van der Waals surface area contributed by atoms with Crippen LogP contribution in [0.2, 0.25) is 0 Å². The molecule has 0 aromatic rings. The van der Waals surface area contributed by atoms with E-state index >= 15 is 0 Å². The van der Waals surface area contributed by atoms with Gasteiger partial charge in [-0.2, -0.15) is 0 Å². The Morgan fingerprint density at radius 2 is 2.20 bits per heavy atom. The number of hydrogen-bond acceptors (Lipinski definition) is 2. The molecule has 0 bridgehead atoms. The Labute approximate surface area is 66.5 Å². The molecule has 1 unspecified atom stereocenters. The van der Waals surface area contributed by atoms with E-state index in [1.807, 2.05) is 0 Å². The van der Waals surface area contributed by atoms with Gasteiger partial charge in [-0.15, -0.1) is 0 Å². The van der Waals surface area contributed by atoms with E-state index in [1.54, 1.807) is 6.92 Å². The fraction of sp³-hybridized carbons (Fsp3) is 0.600. The van der Waals surface area contributed by atoms with Crippen LogP contribution in [0, 0.1) is 0 Å². The van der Waals surface area contributed by atoms with Gasteiger partial charge in [0.25, 0.3) is 0 Å². The van der Waals surface area contributed by atoms with Crippen molar-refractivity contribution in [2.24, 2.45) is 0 Å². The van der Waals surface area contributed by atoms with Crippen LogP contribution in [0.3, 0.4) is 0 Å². The second kappa shape index (κ2) is 2.23. The van der Waals surface area contributed by atoms with Gasteiger partial charge in [-0.1, -0.05) is 15.9 Å². The first kappa shape index (κ1) is 7.53. The molecule has 1 heterocycles. The highest BCUT2D eigenvalue weighted by atomic mass is 79.9. The summed E-state index contributed by atoms with van der Waals surface area (Å²) in [6.07, 6.45) is 0. The van der Waals surface area contributed by atoms with Gasteiger partial charge in [-0.05, 0) is 6.92 Å². The molecule has 56 valence electrons. The molecular formula is C5H7BrN2O2. The lowest BCUT2D eigenvalue weighted by atomic mass is 10.1. The van der Waals surface area contributed by atoms with Crippen LogP contribution in [0.5, 0.6) is 0 Å². The summed E-state index contributed by atoms with van der Waals surface area (Å²) in [5, 5.41) is 4.62. The number of amides is 3. The van der Waals surface area contributed by atoms with Crippen LogP contribution in [0.4, 0.5) is 4.79 Å². The molecule has 2 N–H and O–H groups in total. The maximum Gasteiger partial charge on any atom is 0.321 e. The largest absolute Gasteiger partial charge is 0.336 e. The quantitative estimate of drug-likeness (QED) is 0.548. The zero-order chi connectivity index (χ0) is 7.78. The van der Waals surface area contributed by atoms with Gasteiger partial charge < -0.3 is 5.32 Å². The molecule has 0 aliphatic carbocycles. The fourth-order valence-electron chi connectivity index (χ4n) is 0.604. The average Bonchev–Trinajstić information content (AvgIpc) is 1.81. The van der Waals surface area contributed by atoms with Gasteiger partial charge in [-0.25, -0.2) is 4.79 Å². The zero-order valence-corrected chi connectivity index (χ0v) is 6.99. The van der Waals surface area contributed by atoms with Crippen molar-refractivity contribution in [1.29, 1.82) is 0 Å². The van der Waals surface area contributed by atoms with Crippen LogP contribution >= 0.6 is 15.9 Å². The van der Waals surface area contributed by atoms with Crippen LogP contribution in [-0.4, -0.2) is 22.8 Å². The Balaban J connectivity index is 2.70. The average molecular weight is 207 g/mol. The highest BCUT2D eigenvalue weighted by molar-refractivity contribution is 9.10. The molecular weight excluding hydrogens is 200 g/mol. The van der Waals surface area contributed by atoms with Crippen molar-refractivity contribution in [3.8, 4) is 0 Å². The van der Waals surface area contributed by atoms with Gasteiger partial charge in [0, 0.05) is 6.54 Å². The summed E-state index contributed by atoms with van der Waals surface area (Å²) in [4.78, 5) is 21.4. The third kappa shape index (κ3) is 1.29. The fourth-order valence-corrected chi connectivity index (χ4v) is 0.843. The lowest BCUT2D eigenvalue weighted by Gasteiger charge is -2.26. The van der Waals surface area contributed by atoms with Crippen molar-refractivity contribution < 1.29 is 9.59 Å². The predicted octanol–water partition coefficient (Wildman–Crippen LogP) is -0.0206. The molecule has 3 amide bonds. The van der Waals surface area contributed by atoms with Crippen LogP contribution in [0.1, 0.15) is 6.92 Å². The molecule has 0 radical (unpaired) electrons. The number of halogens is 1. The second-order valence-electron chi connectivity index (χ2n) is 2.33. The maximum atomic E-state index is 10.9. The molecule has 1 fully saturated rings. The molecule has 0 aromatic heterocycles. The number of rotatable bonds is 0. The highest BCUT2D eigenvalue weighted by Gasteiger charge is 2.35. The Morgan fingerprint density at radius 3 is 2.60 bits per heavy atom. The van der Waals surface area contributed by atoms with Crippen LogP contribution < -0.4 is 10.6 Å². The molecule has 5 heteroatoms. The zero-order valence-electron chi connectivity index (χ0n) is 5.40. The molecule has 4 nitrogen and oxygen atoms in total. The predicted molar refractivity (Wildman–Crippen MR) is 38.9 cm³/mol. The van der Waals surface area contributed by atoms with E-state index in [0.717, 1.165) is 0 Å². The summed E-state index contributed by atoms with van der Waals surface area (Å²) < 4.78 is -0.652. The minimum Gasteiger partial charge on any atom is -0.336 e. The monoisotopic (exact) mass is 206 g/mol. The normalized spacial score (nSPS) is 33.0. The lowest BCUT2D eigenvalue weighted by molar-refractivity contribution is -0.122. The number of carbonyl (C=O) groups is 2. The topological polar surface area (TPSA) is 58.2 Å². The second-order valence-corrected chi connectivity index (χ2v) is 4.08. The number of hydrogen-bond donors (Lipinski definition) is 2. The number of carbonyl (C=O) groups excluding carboxylic acids is 2. The van der Waals surface area contributed by atoms with Crippen molar-refractivity contribution >= 4 is 27.9 Å². The molecule has 1 atom stereocenters. The molecule has 1 saturated heterocycles. The van der Waals surface area contributed by atoms with Crippen molar-refractivity contribution in [3.05, 3.63) is 0 Å². The summed E-state index contributed by atoms with van der Waals surface area (Å²) in [5.74, 6) is -0.295. The first-order chi connectivity index (χ1) is 4.52. The summed E-state index contributed by atoms with van der Waals surface area (Å²) >= 11 is 3.16. The summed E-state index contributed by atoms with van der Waals surface area (Å²) in [5.41, 5.74) is 0. The van der Waals surface area contributed by atoms with Crippen LogP contribution in [0.15, 0.2) is 0 Å². The molecule has 1 aliphatic rings. The van der Waals surface area contributed by atoms with Gasteiger partial charge in [-0.3, -0.25) is 10.1 Å².